The Labute approximate surface area is 220 Å². The average Bonchev–Trinajstić information content (AvgIpc) is 3.30. The standard InChI is InChI=1S/C33H37N3O/c1-24(2)30-31(33(37)34-28-21-13-6-14-22-28)36(23-25-15-7-3-8-16-25)32(35-30)29(26-17-9-4-10-18-26)27-19-11-5-12-20-27/h3-5,7-12,15-20,24,28-29H,6,13-14,21-23H2,1-2H3,(H,34,37). The topological polar surface area (TPSA) is 46.9 Å². The van der Waals surface area contributed by atoms with Crippen LogP contribution >= 0.6 is 0 Å². The zero-order valence-electron chi connectivity index (χ0n) is 21.9. The number of hydrogen-bond acceptors (Lipinski definition) is 2. The minimum atomic E-state index is -0.0835. The second-order valence-electron chi connectivity index (χ2n) is 10.5. The van der Waals surface area contributed by atoms with Gasteiger partial charge in [0.25, 0.3) is 5.91 Å². The molecule has 37 heavy (non-hydrogen) atoms. The van der Waals surface area contributed by atoms with Gasteiger partial charge >= 0.3 is 0 Å². The fourth-order valence-electron chi connectivity index (χ4n) is 5.56. The highest BCUT2D eigenvalue weighted by molar-refractivity contribution is 5.94. The SMILES string of the molecule is CC(C)c1nc(C(c2ccccc2)c2ccccc2)n(Cc2ccccc2)c1C(=O)NC1CCCCC1. The fraction of sp³-hybridized carbons (Fsp3) is 0.333. The lowest BCUT2D eigenvalue weighted by atomic mass is 9.90. The van der Waals surface area contributed by atoms with Gasteiger partial charge in [0, 0.05) is 12.6 Å². The molecule has 4 nitrogen and oxygen atoms in total. The number of nitrogens with one attached hydrogen (secondary N) is 1. The maximum atomic E-state index is 14.0. The third-order valence-corrected chi connectivity index (χ3v) is 7.43. The predicted molar refractivity (Wildman–Crippen MR) is 150 cm³/mol. The summed E-state index contributed by atoms with van der Waals surface area (Å²) in [6.45, 7) is 4.87. The molecule has 1 amide bonds. The second kappa shape index (κ2) is 11.6. The first-order chi connectivity index (χ1) is 18.1. The number of hydrogen-bond donors (Lipinski definition) is 1. The minimum Gasteiger partial charge on any atom is -0.348 e. The van der Waals surface area contributed by atoms with Crippen LogP contribution in [0.5, 0.6) is 0 Å². The molecule has 0 saturated heterocycles. The van der Waals surface area contributed by atoms with Crippen molar-refractivity contribution < 1.29 is 4.79 Å². The Morgan fingerprint density at radius 3 is 1.92 bits per heavy atom. The molecule has 1 saturated carbocycles. The lowest BCUT2D eigenvalue weighted by Gasteiger charge is -2.24. The van der Waals surface area contributed by atoms with Crippen molar-refractivity contribution in [1.82, 2.24) is 14.9 Å². The van der Waals surface area contributed by atoms with Crippen LogP contribution in [0.3, 0.4) is 0 Å². The zero-order valence-corrected chi connectivity index (χ0v) is 21.9. The summed E-state index contributed by atoms with van der Waals surface area (Å²) in [7, 11) is 0. The molecule has 4 heteroatoms. The van der Waals surface area contributed by atoms with Gasteiger partial charge in [-0.1, -0.05) is 124 Å². The summed E-state index contributed by atoms with van der Waals surface area (Å²) in [4.78, 5) is 19.3. The molecule has 1 aliphatic rings. The minimum absolute atomic E-state index is 0.00477. The van der Waals surface area contributed by atoms with E-state index in [0.29, 0.717) is 12.2 Å². The summed E-state index contributed by atoms with van der Waals surface area (Å²) >= 11 is 0. The second-order valence-corrected chi connectivity index (χ2v) is 10.5. The van der Waals surface area contributed by atoms with Gasteiger partial charge in [-0.3, -0.25) is 4.79 Å². The molecule has 4 aromatic rings. The van der Waals surface area contributed by atoms with Crippen molar-refractivity contribution in [3.05, 3.63) is 125 Å². The van der Waals surface area contributed by atoms with Crippen molar-refractivity contribution in [2.24, 2.45) is 0 Å². The molecule has 0 bridgehead atoms. The monoisotopic (exact) mass is 491 g/mol. The van der Waals surface area contributed by atoms with Gasteiger partial charge in [-0.25, -0.2) is 4.98 Å². The molecule has 1 aliphatic carbocycles. The Kier molecular flexibility index (Phi) is 7.84. The van der Waals surface area contributed by atoms with Gasteiger partial charge in [-0.15, -0.1) is 0 Å². The van der Waals surface area contributed by atoms with E-state index in [1.165, 1.54) is 30.4 Å². The third-order valence-electron chi connectivity index (χ3n) is 7.43. The van der Waals surface area contributed by atoms with Crippen LogP contribution in [-0.2, 0) is 6.54 Å². The molecule has 0 spiro atoms. The van der Waals surface area contributed by atoms with E-state index in [1.807, 2.05) is 18.2 Å². The van der Waals surface area contributed by atoms with E-state index < -0.39 is 0 Å². The number of nitrogens with zero attached hydrogens (tertiary/aromatic N) is 2. The Morgan fingerprint density at radius 2 is 1.38 bits per heavy atom. The predicted octanol–water partition coefficient (Wildman–Crippen LogP) is 7.30. The largest absolute Gasteiger partial charge is 0.348 e. The van der Waals surface area contributed by atoms with Crippen molar-refractivity contribution in [1.29, 1.82) is 0 Å². The van der Waals surface area contributed by atoms with Crippen molar-refractivity contribution in [2.75, 3.05) is 0 Å². The molecular weight excluding hydrogens is 454 g/mol. The Morgan fingerprint density at radius 1 is 0.838 bits per heavy atom. The van der Waals surface area contributed by atoms with E-state index in [4.69, 9.17) is 4.98 Å². The number of carbonyl (C=O) groups is 1. The van der Waals surface area contributed by atoms with Crippen LogP contribution in [0.4, 0.5) is 0 Å². The van der Waals surface area contributed by atoms with E-state index in [9.17, 15) is 4.79 Å². The van der Waals surface area contributed by atoms with E-state index in [-0.39, 0.29) is 23.8 Å². The van der Waals surface area contributed by atoms with Crippen LogP contribution in [-0.4, -0.2) is 21.5 Å². The molecular formula is C33H37N3O. The molecule has 0 radical (unpaired) electrons. The number of rotatable bonds is 8. The Bertz CT molecular complexity index is 1250. The first-order valence-corrected chi connectivity index (χ1v) is 13.7. The van der Waals surface area contributed by atoms with Crippen LogP contribution < -0.4 is 5.32 Å². The fourth-order valence-corrected chi connectivity index (χ4v) is 5.56. The Hall–Kier alpha value is -3.66. The van der Waals surface area contributed by atoms with Crippen molar-refractivity contribution in [3.63, 3.8) is 0 Å². The summed E-state index contributed by atoms with van der Waals surface area (Å²) in [6.07, 6.45) is 5.73. The molecule has 1 heterocycles. The number of amides is 1. The van der Waals surface area contributed by atoms with E-state index in [0.717, 1.165) is 29.9 Å². The maximum Gasteiger partial charge on any atom is 0.270 e. The van der Waals surface area contributed by atoms with Crippen molar-refractivity contribution >= 4 is 5.91 Å². The number of imidazole rings is 1. The summed E-state index contributed by atoms with van der Waals surface area (Å²) < 4.78 is 2.19. The third kappa shape index (κ3) is 5.69. The molecule has 3 aromatic carbocycles. The number of carbonyl (C=O) groups excluding carboxylic acids is 1. The highest BCUT2D eigenvalue weighted by atomic mass is 16.2. The molecule has 1 aromatic heterocycles. The highest BCUT2D eigenvalue weighted by Gasteiger charge is 2.31. The first kappa shape index (κ1) is 25.0. The lowest BCUT2D eigenvalue weighted by molar-refractivity contribution is 0.0917. The van der Waals surface area contributed by atoms with E-state index >= 15 is 0 Å². The van der Waals surface area contributed by atoms with Crippen LogP contribution in [0.2, 0.25) is 0 Å². The van der Waals surface area contributed by atoms with Crippen LogP contribution in [0.15, 0.2) is 91.0 Å². The van der Waals surface area contributed by atoms with E-state index in [1.54, 1.807) is 0 Å². The van der Waals surface area contributed by atoms with Gasteiger partial charge < -0.3 is 9.88 Å². The zero-order chi connectivity index (χ0) is 25.6. The van der Waals surface area contributed by atoms with Crippen LogP contribution in [0.25, 0.3) is 0 Å². The van der Waals surface area contributed by atoms with Gasteiger partial charge in [-0.05, 0) is 35.4 Å². The van der Waals surface area contributed by atoms with Crippen LogP contribution in [0, 0.1) is 0 Å². The molecule has 0 aliphatic heterocycles. The van der Waals surface area contributed by atoms with Crippen molar-refractivity contribution in [3.8, 4) is 0 Å². The van der Waals surface area contributed by atoms with E-state index in [2.05, 4.69) is 96.5 Å². The number of benzene rings is 3. The maximum absolute atomic E-state index is 14.0. The highest BCUT2D eigenvalue weighted by Crippen LogP contribution is 2.35. The number of aromatic nitrogens is 2. The van der Waals surface area contributed by atoms with Gasteiger partial charge in [0.1, 0.15) is 11.5 Å². The molecule has 190 valence electrons. The van der Waals surface area contributed by atoms with Gasteiger partial charge in [0.15, 0.2) is 0 Å². The summed E-state index contributed by atoms with van der Waals surface area (Å²) in [5, 5.41) is 3.39. The average molecular weight is 492 g/mol. The van der Waals surface area contributed by atoms with Crippen LogP contribution in [0.1, 0.15) is 96.5 Å². The molecule has 0 unspecified atom stereocenters. The van der Waals surface area contributed by atoms with Gasteiger partial charge in [0.2, 0.25) is 0 Å². The molecule has 1 N–H and O–H groups in total. The molecule has 1 fully saturated rings. The summed E-state index contributed by atoms with van der Waals surface area (Å²) in [5.74, 6) is 0.957. The summed E-state index contributed by atoms with van der Waals surface area (Å²) in [5.41, 5.74) is 5.07. The normalized spacial score (nSPS) is 14.3. The quantitative estimate of drug-likeness (QED) is 0.281. The molecule has 0 atom stereocenters. The van der Waals surface area contributed by atoms with Gasteiger partial charge in [0.05, 0.1) is 11.6 Å². The van der Waals surface area contributed by atoms with Crippen molar-refractivity contribution in [2.45, 2.75) is 70.4 Å². The first-order valence-electron chi connectivity index (χ1n) is 13.7. The Balaban J connectivity index is 1.68. The smallest absolute Gasteiger partial charge is 0.270 e. The summed E-state index contributed by atoms with van der Waals surface area (Å²) in [6, 6.07) is 31.7. The lowest BCUT2D eigenvalue weighted by Crippen LogP contribution is -2.38. The molecule has 5 rings (SSSR count). The van der Waals surface area contributed by atoms with Gasteiger partial charge in [-0.2, -0.15) is 0 Å².